The highest BCUT2D eigenvalue weighted by molar-refractivity contribution is 5.72. The topological polar surface area (TPSA) is 76.0 Å². The Morgan fingerprint density at radius 3 is 3.00 bits per heavy atom. The molecule has 3 heterocycles. The summed E-state index contributed by atoms with van der Waals surface area (Å²) >= 11 is 0. The molecule has 1 aliphatic heterocycles. The number of nitrogens with zero attached hydrogens (tertiary/aromatic N) is 4. The number of ether oxygens (including phenoxy) is 1. The molecule has 0 amide bonds. The summed E-state index contributed by atoms with van der Waals surface area (Å²) in [5.41, 5.74) is 1.87. The third-order valence-electron chi connectivity index (χ3n) is 5.08. The summed E-state index contributed by atoms with van der Waals surface area (Å²) in [6, 6.07) is 10.6. The Hall–Kier alpha value is -2.51. The molecule has 0 spiro atoms. The summed E-state index contributed by atoms with van der Waals surface area (Å²) in [4.78, 5) is 22.0. The van der Waals surface area contributed by atoms with Gasteiger partial charge in [0, 0.05) is 20.1 Å². The summed E-state index contributed by atoms with van der Waals surface area (Å²) in [6.45, 7) is 3.05. The Kier molecular flexibility index (Phi) is 5.31. The number of aromatic amines is 1. The van der Waals surface area contributed by atoms with Crippen LogP contribution in [0.5, 0.6) is 0 Å². The number of hydrogen-bond acceptors (Lipinski definition) is 5. The van der Waals surface area contributed by atoms with Gasteiger partial charge < -0.3 is 9.72 Å². The van der Waals surface area contributed by atoms with E-state index in [-0.39, 0.29) is 11.7 Å². The van der Waals surface area contributed by atoms with E-state index in [4.69, 9.17) is 4.74 Å². The molecule has 1 atom stereocenters. The molecule has 0 saturated carbocycles. The highest BCUT2D eigenvalue weighted by atomic mass is 16.5. The minimum Gasteiger partial charge on any atom is -0.376 e. The maximum Gasteiger partial charge on any atom is 0.262 e. The molecule has 0 radical (unpaired) electrons. The molecule has 3 aromatic rings. The van der Waals surface area contributed by atoms with Crippen LogP contribution in [0.3, 0.4) is 0 Å². The molecule has 1 N–H and O–H groups in total. The summed E-state index contributed by atoms with van der Waals surface area (Å²) in [5, 5.41) is 4.65. The summed E-state index contributed by atoms with van der Waals surface area (Å²) in [5.74, 6) is 0.682. The minimum absolute atomic E-state index is 0.129. The van der Waals surface area contributed by atoms with E-state index in [1.807, 2.05) is 6.07 Å². The van der Waals surface area contributed by atoms with Crippen LogP contribution in [0.2, 0.25) is 0 Å². The van der Waals surface area contributed by atoms with Crippen molar-refractivity contribution >= 4 is 11.0 Å². The van der Waals surface area contributed by atoms with E-state index in [1.165, 1.54) is 5.56 Å². The second kappa shape index (κ2) is 8.02. The maximum absolute atomic E-state index is 12.2. The average molecular weight is 367 g/mol. The number of aryl methyl sites for hydroxylation is 2. The quantitative estimate of drug-likeness (QED) is 0.720. The van der Waals surface area contributed by atoms with E-state index in [9.17, 15) is 4.79 Å². The Balaban J connectivity index is 1.34. The first-order valence-electron chi connectivity index (χ1n) is 9.48. The molecule has 1 fully saturated rings. The van der Waals surface area contributed by atoms with Crippen molar-refractivity contribution in [3.8, 4) is 0 Å². The largest absolute Gasteiger partial charge is 0.376 e. The van der Waals surface area contributed by atoms with Crippen LogP contribution in [0.15, 0.2) is 41.3 Å². The number of rotatable bonds is 6. The molecule has 1 aromatic carbocycles. The van der Waals surface area contributed by atoms with E-state index < -0.39 is 0 Å². The Labute approximate surface area is 158 Å². The van der Waals surface area contributed by atoms with Gasteiger partial charge in [0.1, 0.15) is 11.2 Å². The zero-order valence-electron chi connectivity index (χ0n) is 15.6. The first-order valence-corrected chi connectivity index (χ1v) is 9.48. The molecule has 4 rings (SSSR count). The van der Waals surface area contributed by atoms with E-state index in [0.717, 1.165) is 32.4 Å². The van der Waals surface area contributed by atoms with Gasteiger partial charge >= 0.3 is 0 Å². The standard InChI is InChI=1S/C20H25N5O2/c1-24-19-17(12-21-24)20(26)23-18(22-19)14-25-10-11-27-16(13-25)9-5-8-15-6-3-2-4-7-15/h2-4,6-7,12,16H,5,8-11,13-14H2,1H3,(H,22,23,26). The number of H-pyrrole nitrogens is 1. The van der Waals surface area contributed by atoms with Crippen molar-refractivity contribution in [2.45, 2.75) is 31.9 Å². The zero-order valence-corrected chi connectivity index (χ0v) is 15.6. The van der Waals surface area contributed by atoms with Gasteiger partial charge in [-0.15, -0.1) is 0 Å². The summed E-state index contributed by atoms with van der Waals surface area (Å²) in [6.07, 6.45) is 5.01. The normalized spacial score (nSPS) is 18.2. The molecule has 1 saturated heterocycles. The molecule has 1 unspecified atom stereocenters. The van der Waals surface area contributed by atoms with E-state index in [1.54, 1.807) is 17.9 Å². The highest BCUT2D eigenvalue weighted by Gasteiger charge is 2.21. The van der Waals surface area contributed by atoms with Gasteiger partial charge in [0.25, 0.3) is 5.56 Å². The molecule has 7 heteroatoms. The number of aromatic nitrogens is 4. The molecule has 1 aliphatic rings. The third-order valence-corrected chi connectivity index (χ3v) is 5.08. The van der Waals surface area contributed by atoms with Gasteiger partial charge in [-0.25, -0.2) is 4.98 Å². The zero-order chi connectivity index (χ0) is 18.6. The molecule has 0 aliphatic carbocycles. The lowest BCUT2D eigenvalue weighted by Crippen LogP contribution is -2.42. The fourth-order valence-corrected chi connectivity index (χ4v) is 3.64. The Morgan fingerprint density at radius 2 is 2.15 bits per heavy atom. The van der Waals surface area contributed by atoms with Gasteiger partial charge in [-0.2, -0.15) is 5.10 Å². The lowest BCUT2D eigenvalue weighted by atomic mass is 10.1. The van der Waals surface area contributed by atoms with Crippen molar-refractivity contribution in [3.05, 3.63) is 58.3 Å². The lowest BCUT2D eigenvalue weighted by molar-refractivity contribution is -0.0362. The van der Waals surface area contributed by atoms with Gasteiger partial charge in [-0.1, -0.05) is 30.3 Å². The summed E-state index contributed by atoms with van der Waals surface area (Å²) in [7, 11) is 1.80. The molecule has 0 bridgehead atoms. The second-order valence-corrected chi connectivity index (χ2v) is 7.12. The van der Waals surface area contributed by atoms with Gasteiger partial charge in [0.05, 0.1) is 25.5 Å². The average Bonchev–Trinajstić information content (AvgIpc) is 3.05. The molecule has 7 nitrogen and oxygen atoms in total. The number of nitrogens with one attached hydrogen (secondary N) is 1. The smallest absolute Gasteiger partial charge is 0.262 e. The second-order valence-electron chi connectivity index (χ2n) is 7.12. The predicted octanol–water partition coefficient (Wildman–Crippen LogP) is 1.88. The van der Waals surface area contributed by atoms with Crippen LogP contribution in [-0.2, 0) is 24.8 Å². The van der Waals surface area contributed by atoms with Crippen LogP contribution in [0, 0.1) is 0 Å². The van der Waals surface area contributed by atoms with E-state index in [0.29, 0.717) is 30.0 Å². The number of benzene rings is 1. The van der Waals surface area contributed by atoms with Crippen molar-refractivity contribution in [2.75, 3.05) is 19.7 Å². The van der Waals surface area contributed by atoms with Crippen molar-refractivity contribution < 1.29 is 4.74 Å². The van der Waals surface area contributed by atoms with Crippen molar-refractivity contribution in [2.24, 2.45) is 7.05 Å². The third kappa shape index (κ3) is 4.26. The van der Waals surface area contributed by atoms with Crippen molar-refractivity contribution in [3.63, 3.8) is 0 Å². The minimum atomic E-state index is -0.129. The molecule has 2 aromatic heterocycles. The van der Waals surface area contributed by atoms with E-state index >= 15 is 0 Å². The van der Waals surface area contributed by atoms with Gasteiger partial charge in [-0.3, -0.25) is 14.4 Å². The molecule has 27 heavy (non-hydrogen) atoms. The lowest BCUT2D eigenvalue weighted by Gasteiger charge is -2.32. The van der Waals surface area contributed by atoms with Crippen molar-refractivity contribution in [1.82, 2.24) is 24.6 Å². The fourth-order valence-electron chi connectivity index (χ4n) is 3.64. The number of fused-ring (bicyclic) bond motifs is 1. The van der Waals surface area contributed by atoms with E-state index in [2.05, 4.69) is 44.2 Å². The predicted molar refractivity (Wildman–Crippen MR) is 104 cm³/mol. The number of hydrogen-bond donors (Lipinski definition) is 1. The van der Waals surface area contributed by atoms with Crippen LogP contribution >= 0.6 is 0 Å². The first kappa shape index (κ1) is 17.9. The van der Waals surface area contributed by atoms with Gasteiger partial charge in [0.2, 0.25) is 0 Å². The molecular weight excluding hydrogens is 342 g/mol. The monoisotopic (exact) mass is 367 g/mol. The van der Waals surface area contributed by atoms with Crippen LogP contribution in [0.1, 0.15) is 24.2 Å². The maximum atomic E-state index is 12.2. The summed E-state index contributed by atoms with van der Waals surface area (Å²) < 4.78 is 7.58. The van der Waals surface area contributed by atoms with Crippen molar-refractivity contribution in [1.29, 1.82) is 0 Å². The van der Waals surface area contributed by atoms with Crippen LogP contribution in [0.4, 0.5) is 0 Å². The Bertz CT molecular complexity index is 950. The molecule has 142 valence electrons. The SMILES string of the molecule is Cn1ncc2c(=O)[nH]c(CN3CCOC(CCCc4ccccc4)C3)nc21. The number of morpholine rings is 1. The highest BCUT2D eigenvalue weighted by Crippen LogP contribution is 2.15. The van der Waals surface area contributed by atoms with Crippen LogP contribution < -0.4 is 5.56 Å². The van der Waals surface area contributed by atoms with Gasteiger partial charge in [-0.05, 0) is 24.8 Å². The van der Waals surface area contributed by atoms with Gasteiger partial charge in [0.15, 0.2) is 5.65 Å². The molecular formula is C20H25N5O2. The Morgan fingerprint density at radius 1 is 1.30 bits per heavy atom. The van der Waals surface area contributed by atoms with Crippen LogP contribution in [0.25, 0.3) is 11.0 Å². The van der Waals surface area contributed by atoms with Crippen LogP contribution in [-0.4, -0.2) is 50.4 Å². The first-order chi connectivity index (χ1) is 13.2. The fraction of sp³-hybridized carbons (Fsp3) is 0.450.